The molecule has 0 aliphatic heterocycles. The molecule has 1 fully saturated rings. The van der Waals surface area contributed by atoms with Gasteiger partial charge in [0.25, 0.3) is 0 Å². The summed E-state index contributed by atoms with van der Waals surface area (Å²) in [6.07, 6.45) is 2.35. The van der Waals surface area contributed by atoms with Gasteiger partial charge in [-0.25, -0.2) is 4.79 Å². The molecule has 0 aromatic heterocycles. The molecule has 124 valence electrons. The average molecular weight is 388 g/mol. The fraction of sp³-hybridized carbons (Fsp3) is 0.263. The van der Waals surface area contributed by atoms with Crippen LogP contribution in [0.2, 0.25) is 0 Å². The molecule has 0 heterocycles. The van der Waals surface area contributed by atoms with Gasteiger partial charge in [-0.05, 0) is 54.7 Å². The SMILES string of the molecule is O=C(O)c1cccc(CCNC(=O)C2(c3ccc(Br)cc3)CC2)c1. The first-order valence-electron chi connectivity index (χ1n) is 7.88. The quantitative estimate of drug-likeness (QED) is 0.796. The monoisotopic (exact) mass is 387 g/mol. The summed E-state index contributed by atoms with van der Waals surface area (Å²) in [7, 11) is 0. The van der Waals surface area contributed by atoms with Crippen LogP contribution < -0.4 is 5.32 Å². The van der Waals surface area contributed by atoms with Gasteiger partial charge in [0.2, 0.25) is 5.91 Å². The summed E-state index contributed by atoms with van der Waals surface area (Å²) in [6.45, 7) is 0.500. The Hall–Kier alpha value is -2.14. The second kappa shape index (κ2) is 6.77. The Morgan fingerprint density at radius 1 is 1.12 bits per heavy atom. The maximum Gasteiger partial charge on any atom is 0.335 e. The molecule has 0 bridgehead atoms. The van der Waals surface area contributed by atoms with E-state index in [4.69, 9.17) is 5.11 Å². The van der Waals surface area contributed by atoms with Crippen LogP contribution in [0.3, 0.4) is 0 Å². The second-order valence-electron chi connectivity index (χ2n) is 6.10. The highest BCUT2D eigenvalue weighted by Crippen LogP contribution is 2.48. The van der Waals surface area contributed by atoms with Crippen molar-refractivity contribution in [2.75, 3.05) is 6.54 Å². The van der Waals surface area contributed by atoms with E-state index in [0.29, 0.717) is 13.0 Å². The maximum atomic E-state index is 12.6. The van der Waals surface area contributed by atoms with Crippen molar-refractivity contribution in [3.05, 3.63) is 69.7 Å². The van der Waals surface area contributed by atoms with Crippen LogP contribution in [0.5, 0.6) is 0 Å². The number of rotatable bonds is 6. The first-order valence-corrected chi connectivity index (χ1v) is 8.67. The molecule has 0 saturated heterocycles. The molecule has 1 aliphatic carbocycles. The second-order valence-corrected chi connectivity index (χ2v) is 7.02. The lowest BCUT2D eigenvalue weighted by Gasteiger charge is -2.16. The van der Waals surface area contributed by atoms with Crippen LogP contribution in [0.25, 0.3) is 0 Å². The van der Waals surface area contributed by atoms with E-state index in [9.17, 15) is 9.59 Å². The van der Waals surface area contributed by atoms with Gasteiger partial charge in [0.15, 0.2) is 0 Å². The molecule has 1 saturated carbocycles. The third kappa shape index (κ3) is 3.51. The van der Waals surface area contributed by atoms with Crippen molar-refractivity contribution in [1.29, 1.82) is 0 Å². The predicted octanol–water partition coefficient (Wildman–Crippen LogP) is 3.54. The number of carbonyl (C=O) groups is 2. The minimum atomic E-state index is -0.937. The number of benzene rings is 2. The van der Waals surface area contributed by atoms with Crippen molar-refractivity contribution in [2.24, 2.45) is 0 Å². The summed E-state index contributed by atoms with van der Waals surface area (Å²) in [4.78, 5) is 23.5. The number of halogens is 1. The molecular weight excluding hydrogens is 370 g/mol. The molecule has 0 radical (unpaired) electrons. The van der Waals surface area contributed by atoms with E-state index in [1.165, 1.54) is 0 Å². The molecule has 3 rings (SSSR count). The van der Waals surface area contributed by atoms with Crippen molar-refractivity contribution >= 4 is 27.8 Å². The zero-order chi connectivity index (χ0) is 17.2. The van der Waals surface area contributed by atoms with E-state index >= 15 is 0 Å². The van der Waals surface area contributed by atoms with Gasteiger partial charge in [0.05, 0.1) is 11.0 Å². The Balaban J connectivity index is 1.59. The number of amides is 1. The fourth-order valence-corrected chi connectivity index (χ4v) is 3.15. The molecule has 2 aromatic rings. The minimum Gasteiger partial charge on any atom is -0.478 e. The third-order valence-corrected chi connectivity index (χ3v) is 4.98. The maximum absolute atomic E-state index is 12.6. The molecule has 4 nitrogen and oxygen atoms in total. The van der Waals surface area contributed by atoms with Crippen molar-refractivity contribution in [1.82, 2.24) is 5.32 Å². The number of carboxylic acid groups (broad SMARTS) is 1. The summed E-state index contributed by atoms with van der Waals surface area (Å²) < 4.78 is 1.00. The van der Waals surface area contributed by atoms with E-state index in [1.807, 2.05) is 30.3 Å². The van der Waals surface area contributed by atoms with Crippen LogP contribution in [-0.4, -0.2) is 23.5 Å². The number of carboxylic acids is 1. The molecular formula is C19H18BrNO3. The highest BCUT2D eigenvalue weighted by atomic mass is 79.9. The Kier molecular flexibility index (Phi) is 4.71. The van der Waals surface area contributed by atoms with Gasteiger partial charge in [-0.2, -0.15) is 0 Å². The minimum absolute atomic E-state index is 0.0548. The Morgan fingerprint density at radius 2 is 1.83 bits per heavy atom. The van der Waals surface area contributed by atoms with Gasteiger partial charge in [-0.3, -0.25) is 4.79 Å². The molecule has 2 aromatic carbocycles. The van der Waals surface area contributed by atoms with E-state index in [0.717, 1.165) is 28.4 Å². The molecule has 24 heavy (non-hydrogen) atoms. The van der Waals surface area contributed by atoms with Crippen molar-refractivity contribution in [3.8, 4) is 0 Å². The molecule has 0 unspecified atom stereocenters. The summed E-state index contributed by atoms with van der Waals surface area (Å²) >= 11 is 3.41. The van der Waals surface area contributed by atoms with Crippen LogP contribution in [-0.2, 0) is 16.6 Å². The zero-order valence-electron chi connectivity index (χ0n) is 13.1. The van der Waals surface area contributed by atoms with E-state index in [-0.39, 0.29) is 16.9 Å². The van der Waals surface area contributed by atoms with E-state index in [2.05, 4.69) is 21.2 Å². The number of nitrogens with one attached hydrogen (secondary N) is 1. The highest BCUT2D eigenvalue weighted by Gasteiger charge is 2.50. The van der Waals surface area contributed by atoms with Crippen LogP contribution in [0.15, 0.2) is 53.0 Å². The lowest BCUT2D eigenvalue weighted by atomic mass is 9.95. The van der Waals surface area contributed by atoms with Gasteiger partial charge in [0, 0.05) is 11.0 Å². The summed E-state index contributed by atoms with van der Waals surface area (Å²) in [5.74, 6) is -0.882. The average Bonchev–Trinajstić information content (AvgIpc) is 3.37. The van der Waals surface area contributed by atoms with E-state index < -0.39 is 5.97 Å². The number of aromatic carboxylic acids is 1. The summed E-state index contributed by atoms with van der Waals surface area (Å²) in [5.41, 5.74) is 1.84. The zero-order valence-corrected chi connectivity index (χ0v) is 14.7. The van der Waals surface area contributed by atoms with Crippen LogP contribution in [0, 0.1) is 0 Å². The number of hydrogen-bond acceptors (Lipinski definition) is 2. The van der Waals surface area contributed by atoms with Crippen molar-refractivity contribution in [2.45, 2.75) is 24.7 Å². The Morgan fingerprint density at radius 3 is 2.46 bits per heavy atom. The normalized spacial score (nSPS) is 14.9. The summed E-state index contributed by atoms with van der Waals surface area (Å²) in [5, 5.41) is 12.0. The van der Waals surface area contributed by atoms with Gasteiger partial charge in [-0.15, -0.1) is 0 Å². The molecule has 0 atom stereocenters. The molecule has 1 amide bonds. The lowest BCUT2D eigenvalue weighted by Crippen LogP contribution is -2.35. The van der Waals surface area contributed by atoms with Crippen molar-refractivity contribution in [3.63, 3.8) is 0 Å². The molecule has 5 heteroatoms. The number of carbonyl (C=O) groups excluding carboxylic acids is 1. The van der Waals surface area contributed by atoms with Crippen LogP contribution in [0.4, 0.5) is 0 Å². The fourth-order valence-electron chi connectivity index (χ4n) is 2.89. The van der Waals surface area contributed by atoms with E-state index in [1.54, 1.807) is 18.2 Å². The summed E-state index contributed by atoms with van der Waals surface area (Å²) in [6, 6.07) is 14.7. The lowest BCUT2D eigenvalue weighted by molar-refractivity contribution is -0.123. The van der Waals surface area contributed by atoms with Crippen molar-refractivity contribution < 1.29 is 14.7 Å². The highest BCUT2D eigenvalue weighted by molar-refractivity contribution is 9.10. The molecule has 1 aliphatic rings. The van der Waals surface area contributed by atoms with Gasteiger partial charge >= 0.3 is 5.97 Å². The van der Waals surface area contributed by atoms with Crippen LogP contribution >= 0.6 is 15.9 Å². The third-order valence-electron chi connectivity index (χ3n) is 4.45. The smallest absolute Gasteiger partial charge is 0.335 e. The van der Waals surface area contributed by atoms with Gasteiger partial charge in [-0.1, -0.05) is 40.2 Å². The Bertz CT molecular complexity index is 766. The molecule has 0 spiro atoms. The predicted molar refractivity (Wildman–Crippen MR) is 95.2 cm³/mol. The first kappa shape index (κ1) is 16.7. The Labute approximate surface area is 149 Å². The number of hydrogen-bond donors (Lipinski definition) is 2. The van der Waals surface area contributed by atoms with Gasteiger partial charge in [0.1, 0.15) is 0 Å². The van der Waals surface area contributed by atoms with Crippen LogP contribution in [0.1, 0.15) is 34.3 Å². The standard InChI is InChI=1S/C19H18BrNO3/c20-16-6-4-15(5-7-16)19(9-10-19)18(24)21-11-8-13-2-1-3-14(12-13)17(22)23/h1-7,12H,8-11H2,(H,21,24)(H,22,23). The molecule has 2 N–H and O–H groups in total. The van der Waals surface area contributed by atoms with Gasteiger partial charge < -0.3 is 10.4 Å². The first-order chi connectivity index (χ1) is 11.5. The topological polar surface area (TPSA) is 66.4 Å². The largest absolute Gasteiger partial charge is 0.478 e.